The van der Waals surface area contributed by atoms with Crippen LogP contribution in [0.4, 0.5) is 0 Å². The van der Waals surface area contributed by atoms with Crippen molar-refractivity contribution < 1.29 is 24.2 Å². The molecule has 0 saturated carbocycles. The van der Waals surface area contributed by atoms with E-state index in [9.17, 15) is 19.5 Å². The van der Waals surface area contributed by atoms with Gasteiger partial charge in [0.2, 0.25) is 5.91 Å². The van der Waals surface area contributed by atoms with Gasteiger partial charge in [0.05, 0.1) is 12.0 Å². The highest BCUT2D eigenvalue weighted by molar-refractivity contribution is 5.84. The molecule has 0 atom stereocenters. The van der Waals surface area contributed by atoms with Gasteiger partial charge in [-0.25, -0.2) is 0 Å². The van der Waals surface area contributed by atoms with Crippen molar-refractivity contribution in [2.45, 2.75) is 52.9 Å². The van der Waals surface area contributed by atoms with Gasteiger partial charge >= 0.3 is 11.9 Å². The van der Waals surface area contributed by atoms with Crippen LogP contribution in [-0.4, -0.2) is 36.1 Å². The molecule has 0 spiro atoms. The van der Waals surface area contributed by atoms with Gasteiger partial charge in [-0.3, -0.25) is 14.4 Å². The van der Waals surface area contributed by atoms with E-state index >= 15 is 0 Å². The fourth-order valence-electron chi connectivity index (χ4n) is 1.94. The summed E-state index contributed by atoms with van der Waals surface area (Å²) in [4.78, 5) is 34.1. The van der Waals surface area contributed by atoms with Gasteiger partial charge in [-0.05, 0) is 26.2 Å². The molecule has 0 aliphatic heterocycles. The Morgan fingerprint density at radius 3 is 2.20 bits per heavy atom. The number of amides is 1. The number of aliphatic carboxylic acids is 1. The summed E-state index contributed by atoms with van der Waals surface area (Å²) in [5, 5.41) is 11.9. The van der Waals surface area contributed by atoms with Crippen LogP contribution in [0.2, 0.25) is 0 Å². The van der Waals surface area contributed by atoms with Gasteiger partial charge in [-0.1, -0.05) is 13.8 Å². The average molecular weight is 287 g/mol. The molecule has 116 valence electrons. The Morgan fingerprint density at radius 2 is 1.75 bits per heavy atom. The average Bonchev–Trinajstić information content (AvgIpc) is 2.41. The fraction of sp³-hybridized carbons (Fsp3) is 0.786. The lowest BCUT2D eigenvalue weighted by atomic mass is 9.79. The number of ether oxygens (including phenoxy) is 1. The second kappa shape index (κ2) is 9.34. The summed E-state index contributed by atoms with van der Waals surface area (Å²) < 4.78 is 4.77. The molecule has 6 nitrogen and oxygen atoms in total. The SMILES string of the molecule is CCOC(=O)CCCNC(=O)CC(CC)(CC)C(=O)O. The van der Waals surface area contributed by atoms with Crippen molar-refractivity contribution in [1.29, 1.82) is 0 Å². The Balaban J connectivity index is 4.10. The van der Waals surface area contributed by atoms with Crippen molar-refractivity contribution in [2.75, 3.05) is 13.2 Å². The fourth-order valence-corrected chi connectivity index (χ4v) is 1.94. The zero-order chi connectivity index (χ0) is 15.6. The van der Waals surface area contributed by atoms with Crippen LogP contribution in [-0.2, 0) is 19.1 Å². The minimum absolute atomic E-state index is 0.0330. The third kappa shape index (κ3) is 6.04. The molecule has 0 aromatic heterocycles. The predicted molar refractivity (Wildman–Crippen MR) is 74.1 cm³/mol. The molecule has 0 fully saturated rings. The van der Waals surface area contributed by atoms with Crippen LogP contribution in [0.25, 0.3) is 0 Å². The van der Waals surface area contributed by atoms with Gasteiger partial charge < -0.3 is 15.2 Å². The summed E-state index contributed by atoms with van der Waals surface area (Å²) >= 11 is 0. The molecule has 0 saturated heterocycles. The number of rotatable bonds is 10. The van der Waals surface area contributed by atoms with Crippen LogP contribution >= 0.6 is 0 Å². The molecule has 0 radical (unpaired) electrons. The summed E-state index contributed by atoms with van der Waals surface area (Å²) in [5.41, 5.74) is -0.995. The van der Waals surface area contributed by atoms with E-state index in [1.54, 1.807) is 20.8 Å². The first-order valence-corrected chi connectivity index (χ1v) is 7.07. The van der Waals surface area contributed by atoms with Crippen molar-refractivity contribution in [2.24, 2.45) is 5.41 Å². The van der Waals surface area contributed by atoms with Crippen molar-refractivity contribution in [3.05, 3.63) is 0 Å². The van der Waals surface area contributed by atoms with Crippen LogP contribution in [0.5, 0.6) is 0 Å². The zero-order valence-electron chi connectivity index (χ0n) is 12.5. The third-order valence-corrected chi connectivity index (χ3v) is 3.49. The smallest absolute Gasteiger partial charge is 0.310 e. The van der Waals surface area contributed by atoms with E-state index in [1.807, 2.05) is 0 Å². The molecule has 2 N–H and O–H groups in total. The number of carbonyl (C=O) groups is 3. The standard InChI is InChI=1S/C14H25NO5/c1-4-14(5-2,13(18)19)10-11(16)15-9-7-8-12(17)20-6-3/h4-10H2,1-3H3,(H,15,16)(H,18,19). The lowest BCUT2D eigenvalue weighted by Crippen LogP contribution is -2.37. The van der Waals surface area contributed by atoms with E-state index in [0.717, 1.165) is 0 Å². The van der Waals surface area contributed by atoms with E-state index in [-0.39, 0.29) is 24.7 Å². The molecule has 0 heterocycles. The molecule has 0 aromatic rings. The topological polar surface area (TPSA) is 92.7 Å². The molecule has 0 unspecified atom stereocenters. The molecule has 0 rings (SSSR count). The highest BCUT2D eigenvalue weighted by Crippen LogP contribution is 2.30. The Bertz CT molecular complexity index is 336. The minimum atomic E-state index is -0.995. The summed E-state index contributed by atoms with van der Waals surface area (Å²) in [6.07, 6.45) is 1.53. The van der Waals surface area contributed by atoms with Crippen molar-refractivity contribution in [3.8, 4) is 0 Å². The maximum atomic E-state index is 11.8. The van der Waals surface area contributed by atoms with Crippen LogP contribution in [0, 0.1) is 5.41 Å². The van der Waals surface area contributed by atoms with E-state index < -0.39 is 11.4 Å². The van der Waals surface area contributed by atoms with Crippen molar-refractivity contribution in [3.63, 3.8) is 0 Å². The number of carbonyl (C=O) groups excluding carboxylic acids is 2. The summed E-state index contributed by atoms with van der Waals surface area (Å²) in [6.45, 7) is 5.97. The number of esters is 1. The monoisotopic (exact) mass is 287 g/mol. The highest BCUT2D eigenvalue weighted by Gasteiger charge is 2.36. The number of carboxylic acids is 1. The maximum absolute atomic E-state index is 11.8. The lowest BCUT2D eigenvalue weighted by molar-refractivity contribution is -0.152. The Labute approximate surface area is 119 Å². The summed E-state index contributed by atoms with van der Waals surface area (Å²) in [6, 6.07) is 0. The van der Waals surface area contributed by atoms with Gasteiger partial charge in [0.1, 0.15) is 0 Å². The number of hydrogen-bond acceptors (Lipinski definition) is 4. The van der Waals surface area contributed by atoms with E-state index in [2.05, 4.69) is 5.32 Å². The number of carboxylic acid groups (broad SMARTS) is 1. The molecule has 20 heavy (non-hydrogen) atoms. The van der Waals surface area contributed by atoms with Gasteiger partial charge in [0, 0.05) is 19.4 Å². The number of nitrogens with one attached hydrogen (secondary N) is 1. The molecule has 0 bridgehead atoms. The Kier molecular flexibility index (Phi) is 8.59. The van der Waals surface area contributed by atoms with Gasteiger partial charge in [0.25, 0.3) is 0 Å². The number of hydrogen-bond donors (Lipinski definition) is 2. The van der Waals surface area contributed by atoms with Crippen LogP contribution < -0.4 is 5.32 Å². The van der Waals surface area contributed by atoms with Gasteiger partial charge in [-0.2, -0.15) is 0 Å². The summed E-state index contributed by atoms with van der Waals surface area (Å²) in [5.74, 6) is -1.52. The lowest BCUT2D eigenvalue weighted by Gasteiger charge is -2.25. The zero-order valence-corrected chi connectivity index (χ0v) is 12.5. The highest BCUT2D eigenvalue weighted by atomic mass is 16.5. The molecular weight excluding hydrogens is 262 g/mol. The second-order valence-corrected chi connectivity index (χ2v) is 4.73. The van der Waals surface area contributed by atoms with Gasteiger partial charge in [0.15, 0.2) is 0 Å². The molecule has 0 aromatic carbocycles. The largest absolute Gasteiger partial charge is 0.481 e. The molecule has 0 aliphatic carbocycles. The first-order valence-electron chi connectivity index (χ1n) is 7.07. The quantitative estimate of drug-likeness (QED) is 0.471. The molecule has 6 heteroatoms. The second-order valence-electron chi connectivity index (χ2n) is 4.73. The van der Waals surface area contributed by atoms with Gasteiger partial charge in [-0.15, -0.1) is 0 Å². The summed E-state index contributed by atoms with van der Waals surface area (Å²) in [7, 11) is 0. The molecule has 0 aliphatic rings. The molecular formula is C14H25NO5. The van der Waals surface area contributed by atoms with Crippen LogP contribution in [0.15, 0.2) is 0 Å². The Hall–Kier alpha value is -1.59. The predicted octanol–water partition coefficient (Wildman–Crippen LogP) is 1.73. The Morgan fingerprint density at radius 1 is 1.15 bits per heavy atom. The van der Waals surface area contributed by atoms with Crippen molar-refractivity contribution >= 4 is 17.8 Å². The molecule has 1 amide bonds. The first-order chi connectivity index (χ1) is 9.41. The van der Waals surface area contributed by atoms with E-state index in [4.69, 9.17) is 4.74 Å². The van der Waals surface area contributed by atoms with Crippen molar-refractivity contribution in [1.82, 2.24) is 5.32 Å². The first kappa shape index (κ1) is 18.4. The normalized spacial score (nSPS) is 10.9. The third-order valence-electron chi connectivity index (χ3n) is 3.49. The van der Waals surface area contributed by atoms with Crippen LogP contribution in [0.1, 0.15) is 52.9 Å². The minimum Gasteiger partial charge on any atom is -0.481 e. The van der Waals surface area contributed by atoms with Crippen LogP contribution in [0.3, 0.4) is 0 Å². The maximum Gasteiger partial charge on any atom is 0.310 e. The van der Waals surface area contributed by atoms with E-state index in [0.29, 0.717) is 32.4 Å². The van der Waals surface area contributed by atoms with E-state index in [1.165, 1.54) is 0 Å².